The number of benzene rings is 1. The lowest BCUT2D eigenvalue weighted by Gasteiger charge is -2.09. The molecule has 7 nitrogen and oxygen atoms in total. The summed E-state index contributed by atoms with van der Waals surface area (Å²) >= 11 is 1.66. The second-order valence-corrected chi connectivity index (χ2v) is 6.37. The van der Waals surface area contributed by atoms with E-state index in [0.29, 0.717) is 23.6 Å². The molecular weight excluding hydrogens is 356 g/mol. The first-order valence-electron chi connectivity index (χ1n) is 8.00. The van der Waals surface area contributed by atoms with Crippen LogP contribution in [0.3, 0.4) is 0 Å². The van der Waals surface area contributed by atoms with Crippen LogP contribution in [0.5, 0.6) is 11.5 Å². The molecule has 1 heterocycles. The molecule has 2 rings (SSSR count). The van der Waals surface area contributed by atoms with Crippen molar-refractivity contribution in [2.45, 2.75) is 5.75 Å². The molecule has 0 radical (unpaired) electrons. The molecule has 0 atom stereocenters. The zero-order valence-electron chi connectivity index (χ0n) is 14.7. The summed E-state index contributed by atoms with van der Waals surface area (Å²) < 4.78 is 15.5. The fraction of sp³-hybridized carbons (Fsp3) is 0.333. The molecule has 0 saturated carbocycles. The molecule has 0 saturated heterocycles. The van der Waals surface area contributed by atoms with E-state index in [2.05, 4.69) is 10.6 Å². The van der Waals surface area contributed by atoms with Crippen LogP contribution in [0.1, 0.15) is 16.1 Å². The van der Waals surface area contributed by atoms with Crippen LogP contribution in [0, 0.1) is 0 Å². The molecule has 26 heavy (non-hydrogen) atoms. The van der Waals surface area contributed by atoms with Crippen molar-refractivity contribution in [2.24, 2.45) is 0 Å². The van der Waals surface area contributed by atoms with Crippen LogP contribution in [0.4, 0.5) is 0 Å². The summed E-state index contributed by atoms with van der Waals surface area (Å²) in [5, 5.41) is 5.34. The van der Waals surface area contributed by atoms with Crippen LogP contribution >= 0.6 is 11.8 Å². The second-order valence-electron chi connectivity index (χ2n) is 5.27. The zero-order chi connectivity index (χ0) is 18.8. The SMILES string of the molecule is COc1cc(OC)cc(C(=O)NCC(=O)NCCSCc2ccco2)c1. The Bertz CT molecular complexity index is 696. The predicted molar refractivity (Wildman–Crippen MR) is 99.8 cm³/mol. The summed E-state index contributed by atoms with van der Waals surface area (Å²) in [6.45, 7) is 0.425. The summed E-state index contributed by atoms with van der Waals surface area (Å²) in [6, 6.07) is 8.60. The number of ether oxygens (including phenoxy) is 2. The van der Waals surface area contributed by atoms with Gasteiger partial charge in [-0.25, -0.2) is 0 Å². The van der Waals surface area contributed by atoms with Gasteiger partial charge in [-0.3, -0.25) is 9.59 Å². The molecule has 0 unspecified atom stereocenters. The first-order chi connectivity index (χ1) is 12.6. The molecule has 2 amide bonds. The summed E-state index contributed by atoms with van der Waals surface area (Å²) in [5.41, 5.74) is 0.364. The highest BCUT2D eigenvalue weighted by atomic mass is 32.2. The van der Waals surface area contributed by atoms with E-state index in [1.165, 1.54) is 14.2 Å². The Hall–Kier alpha value is -2.61. The van der Waals surface area contributed by atoms with Crippen molar-refractivity contribution in [3.8, 4) is 11.5 Å². The van der Waals surface area contributed by atoms with Crippen molar-refractivity contribution in [2.75, 3.05) is 33.1 Å². The Balaban J connectivity index is 1.68. The van der Waals surface area contributed by atoms with E-state index < -0.39 is 0 Å². The molecule has 0 spiro atoms. The topological polar surface area (TPSA) is 89.8 Å². The highest BCUT2D eigenvalue weighted by Crippen LogP contribution is 2.22. The number of nitrogens with one attached hydrogen (secondary N) is 2. The Morgan fingerprint density at radius 2 is 1.85 bits per heavy atom. The van der Waals surface area contributed by atoms with Crippen LogP contribution in [-0.4, -0.2) is 44.9 Å². The minimum atomic E-state index is -0.371. The standard InChI is InChI=1S/C18H22N2O5S/c1-23-15-8-13(9-16(10-15)24-2)18(22)20-11-17(21)19-5-7-26-12-14-4-3-6-25-14/h3-4,6,8-10H,5,7,11-12H2,1-2H3,(H,19,21)(H,20,22). The highest BCUT2D eigenvalue weighted by molar-refractivity contribution is 7.98. The van der Waals surface area contributed by atoms with Crippen LogP contribution in [0.2, 0.25) is 0 Å². The number of rotatable bonds is 10. The zero-order valence-corrected chi connectivity index (χ0v) is 15.6. The molecule has 2 aromatic rings. The summed E-state index contributed by atoms with van der Waals surface area (Å²) in [4.78, 5) is 24.0. The summed E-state index contributed by atoms with van der Waals surface area (Å²) in [6.07, 6.45) is 1.64. The van der Waals surface area contributed by atoms with Crippen molar-refractivity contribution < 1.29 is 23.5 Å². The van der Waals surface area contributed by atoms with Crippen molar-refractivity contribution in [1.29, 1.82) is 0 Å². The van der Waals surface area contributed by atoms with Crippen molar-refractivity contribution >= 4 is 23.6 Å². The van der Waals surface area contributed by atoms with Gasteiger partial charge in [0.15, 0.2) is 0 Å². The summed E-state index contributed by atoms with van der Waals surface area (Å²) in [5.74, 6) is 2.82. The Kier molecular flexibility index (Phi) is 7.88. The third-order valence-electron chi connectivity index (χ3n) is 3.42. The number of hydrogen-bond acceptors (Lipinski definition) is 6. The van der Waals surface area contributed by atoms with Crippen molar-refractivity contribution in [1.82, 2.24) is 10.6 Å². The van der Waals surface area contributed by atoms with Crippen LogP contribution < -0.4 is 20.1 Å². The van der Waals surface area contributed by atoms with E-state index in [4.69, 9.17) is 13.9 Å². The highest BCUT2D eigenvalue weighted by Gasteiger charge is 2.11. The minimum Gasteiger partial charge on any atom is -0.497 e. The number of amides is 2. The third kappa shape index (κ3) is 6.36. The molecular formula is C18H22N2O5S. The van der Waals surface area contributed by atoms with Crippen LogP contribution in [-0.2, 0) is 10.5 Å². The molecule has 2 N–H and O–H groups in total. The fourth-order valence-corrected chi connectivity index (χ4v) is 2.85. The lowest BCUT2D eigenvalue weighted by molar-refractivity contribution is -0.120. The molecule has 0 aliphatic rings. The smallest absolute Gasteiger partial charge is 0.251 e. The van der Waals surface area contributed by atoms with Gasteiger partial charge in [-0.05, 0) is 24.3 Å². The molecule has 8 heteroatoms. The number of carbonyl (C=O) groups is 2. The maximum absolute atomic E-state index is 12.2. The maximum Gasteiger partial charge on any atom is 0.251 e. The monoisotopic (exact) mass is 378 g/mol. The van der Waals surface area contributed by atoms with Gasteiger partial charge >= 0.3 is 0 Å². The predicted octanol–water partition coefficient (Wildman–Crippen LogP) is 2.08. The number of hydrogen-bond donors (Lipinski definition) is 2. The number of methoxy groups -OCH3 is 2. The quantitative estimate of drug-likeness (QED) is 0.615. The van der Waals surface area contributed by atoms with Gasteiger partial charge in [-0.2, -0.15) is 11.8 Å². The molecule has 140 valence electrons. The number of furan rings is 1. The van der Waals surface area contributed by atoms with Gasteiger partial charge in [-0.15, -0.1) is 0 Å². The molecule has 0 fully saturated rings. The van der Waals surface area contributed by atoms with Crippen LogP contribution in [0.25, 0.3) is 0 Å². The average molecular weight is 378 g/mol. The van der Waals surface area contributed by atoms with Gasteiger partial charge in [0.25, 0.3) is 5.91 Å². The first kappa shape index (κ1) is 19.7. The minimum absolute atomic E-state index is 0.0960. The first-order valence-corrected chi connectivity index (χ1v) is 9.16. The van der Waals surface area contributed by atoms with Gasteiger partial charge < -0.3 is 24.5 Å². The van der Waals surface area contributed by atoms with Gasteiger partial charge in [0, 0.05) is 23.9 Å². The van der Waals surface area contributed by atoms with Crippen molar-refractivity contribution in [3.63, 3.8) is 0 Å². The normalized spacial score (nSPS) is 10.2. The molecule has 1 aromatic carbocycles. The molecule has 0 bridgehead atoms. The van der Waals surface area contributed by atoms with E-state index in [1.807, 2.05) is 12.1 Å². The lowest BCUT2D eigenvalue weighted by atomic mass is 10.2. The maximum atomic E-state index is 12.2. The lowest BCUT2D eigenvalue weighted by Crippen LogP contribution is -2.37. The molecule has 0 aliphatic heterocycles. The van der Waals surface area contributed by atoms with Gasteiger partial charge in [0.05, 0.1) is 32.8 Å². The van der Waals surface area contributed by atoms with Gasteiger partial charge in [0.2, 0.25) is 5.91 Å². The van der Waals surface area contributed by atoms with Gasteiger partial charge in [0.1, 0.15) is 17.3 Å². The summed E-state index contributed by atoms with van der Waals surface area (Å²) in [7, 11) is 3.02. The largest absolute Gasteiger partial charge is 0.497 e. The van der Waals surface area contributed by atoms with Crippen LogP contribution in [0.15, 0.2) is 41.0 Å². The molecule has 1 aromatic heterocycles. The van der Waals surface area contributed by atoms with Gasteiger partial charge in [-0.1, -0.05) is 0 Å². The van der Waals surface area contributed by atoms with E-state index in [-0.39, 0.29) is 18.4 Å². The fourth-order valence-electron chi connectivity index (χ4n) is 2.09. The average Bonchev–Trinajstić information content (AvgIpc) is 3.18. The third-order valence-corrected chi connectivity index (χ3v) is 4.40. The van der Waals surface area contributed by atoms with E-state index in [1.54, 1.807) is 36.2 Å². The van der Waals surface area contributed by atoms with Crippen molar-refractivity contribution in [3.05, 3.63) is 47.9 Å². The number of thioether (sulfide) groups is 1. The second kappa shape index (κ2) is 10.4. The van der Waals surface area contributed by atoms with E-state index in [9.17, 15) is 9.59 Å². The van der Waals surface area contributed by atoms with E-state index in [0.717, 1.165) is 17.3 Å². The Morgan fingerprint density at radius 1 is 1.12 bits per heavy atom. The molecule has 0 aliphatic carbocycles. The Morgan fingerprint density at radius 3 is 2.46 bits per heavy atom. The Labute approximate surface area is 156 Å². The number of carbonyl (C=O) groups excluding carboxylic acids is 2. The van der Waals surface area contributed by atoms with E-state index >= 15 is 0 Å².